The summed E-state index contributed by atoms with van der Waals surface area (Å²) < 4.78 is 0. The molecule has 0 aromatic heterocycles. The summed E-state index contributed by atoms with van der Waals surface area (Å²) >= 11 is 0. The zero-order valence-electron chi connectivity index (χ0n) is 14.9. The number of hydrogen-bond acceptors (Lipinski definition) is 2. The van der Waals surface area contributed by atoms with Gasteiger partial charge >= 0.3 is 0 Å². The molecule has 0 aromatic carbocycles. The third-order valence-electron chi connectivity index (χ3n) is 4.07. The fraction of sp³-hybridized carbons (Fsp3) is 0.636. The van der Waals surface area contributed by atoms with E-state index in [4.69, 9.17) is 12.8 Å². The van der Waals surface area contributed by atoms with Crippen molar-refractivity contribution in [2.45, 2.75) is 51.4 Å². The lowest BCUT2D eigenvalue weighted by atomic mass is 10.2. The lowest BCUT2D eigenvalue weighted by Gasteiger charge is -2.32. The first-order valence-corrected chi connectivity index (χ1v) is 9.10. The van der Waals surface area contributed by atoms with E-state index in [-0.39, 0.29) is 0 Å². The molecular weight excluding hydrogens is 292 g/mol. The molecule has 0 amide bonds. The van der Waals surface area contributed by atoms with Crippen molar-refractivity contribution in [3.8, 4) is 48.4 Å². The molecule has 0 unspecified atom stereocenters. The molecule has 2 nitrogen and oxygen atoms in total. The topological polar surface area (TPSA) is 6.48 Å². The van der Waals surface area contributed by atoms with E-state index >= 15 is 0 Å². The van der Waals surface area contributed by atoms with Crippen LogP contribution in [0.2, 0.25) is 0 Å². The van der Waals surface area contributed by atoms with Crippen molar-refractivity contribution in [2.24, 2.45) is 0 Å². The standard InChI is InChI=1S/C22H30N2/c1-3-5-7-9-11-13-15-17-23-19-21-24(22-20-23)18-16-14-12-10-8-6-4-2/h1-2H,5-12,17-22H2. The van der Waals surface area contributed by atoms with Crippen LogP contribution in [0.3, 0.4) is 0 Å². The van der Waals surface area contributed by atoms with Crippen LogP contribution in [-0.2, 0) is 0 Å². The summed E-state index contributed by atoms with van der Waals surface area (Å²) in [4.78, 5) is 4.86. The number of unbranched alkanes of at least 4 members (excludes halogenated alkanes) is 6. The van der Waals surface area contributed by atoms with Crippen LogP contribution in [0.25, 0.3) is 0 Å². The number of nitrogens with zero attached hydrogens (tertiary/aromatic N) is 2. The molecule has 0 atom stereocenters. The minimum absolute atomic E-state index is 0.872. The van der Waals surface area contributed by atoms with Crippen molar-refractivity contribution in [3.05, 3.63) is 0 Å². The predicted octanol–water partition coefficient (Wildman–Crippen LogP) is 3.00. The van der Waals surface area contributed by atoms with Crippen LogP contribution in [-0.4, -0.2) is 49.1 Å². The molecule has 0 radical (unpaired) electrons. The highest BCUT2D eigenvalue weighted by molar-refractivity contribution is 5.03. The minimum atomic E-state index is 0.872. The average molecular weight is 322 g/mol. The minimum Gasteiger partial charge on any atom is -0.290 e. The van der Waals surface area contributed by atoms with Crippen molar-refractivity contribution in [1.29, 1.82) is 0 Å². The number of terminal acetylenes is 2. The Bertz CT molecular complexity index is 469. The molecule has 1 rings (SSSR count). The monoisotopic (exact) mass is 322 g/mol. The Balaban J connectivity index is 2.04. The van der Waals surface area contributed by atoms with Crippen molar-refractivity contribution in [1.82, 2.24) is 9.80 Å². The molecule has 0 bridgehead atoms. The van der Waals surface area contributed by atoms with Gasteiger partial charge in [0.05, 0.1) is 13.1 Å². The van der Waals surface area contributed by atoms with Gasteiger partial charge in [0.25, 0.3) is 0 Å². The van der Waals surface area contributed by atoms with Crippen molar-refractivity contribution >= 4 is 0 Å². The summed E-state index contributed by atoms with van der Waals surface area (Å²) in [5.74, 6) is 18.4. The second-order valence-corrected chi connectivity index (χ2v) is 6.08. The molecule has 1 aliphatic heterocycles. The summed E-state index contributed by atoms with van der Waals surface area (Å²) in [6.45, 7) is 6.16. The summed E-state index contributed by atoms with van der Waals surface area (Å²) in [7, 11) is 0. The fourth-order valence-corrected chi connectivity index (χ4v) is 2.50. The zero-order valence-corrected chi connectivity index (χ0v) is 14.9. The first kappa shape index (κ1) is 20.2. The van der Waals surface area contributed by atoms with E-state index in [0.29, 0.717) is 0 Å². The maximum Gasteiger partial charge on any atom is 0.0602 e. The van der Waals surface area contributed by atoms with Gasteiger partial charge in [-0.15, -0.1) is 36.5 Å². The second-order valence-electron chi connectivity index (χ2n) is 6.08. The van der Waals surface area contributed by atoms with E-state index in [1.807, 2.05) is 0 Å². The van der Waals surface area contributed by atoms with Gasteiger partial charge < -0.3 is 0 Å². The van der Waals surface area contributed by atoms with Crippen molar-refractivity contribution in [3.63, 3.8) is 0 Å². The smallest absolute Gasteiger partial charge is 0.0602 e. The van der Waals surface area contributed by atoms with Crippen LogP contribution in [0.5, 0.6) is 0 Å². The van der Waals surface area contributed by atoms with Gasteiger partial charge in [-0.1, -0.05) is 11.8 Å². The van der Waals surface area contributed by atoms with Gasteiger partial charge in [-0.05, 0) is 25.7 Å². The Morgan fingerprint density at radius 3 is 1.29 bits per heavy atom. The van der Waals surface area contributed by atoms with Crippen molar-refractivity contribution in [2.75, 3.05) is 39.3 Å². The van der Waals surface area contributed by atoms with Gasteiger partial charge in [0.2, 0.25) is 0 Å². The molecule has 24 heavy (non-hydrogen) atoms. The molecule has 0 aromatic rings. The number of hydrogen-bond donors (Lipinski definition) is 0. The number of rotatable bonds is 8. The van der Waals surface area contributed by atoms with Gasteiger partial charge in [-0.25, -0.2) is 0 Å². The van der Waals surface area contributed by atoms with Crippen LogP contribution >= 0.6 is 0 Å². The summed E-state index contributed by atoms with van der Waals surface area (Å²) in [5, 5.41) is 0. The molecule has 1 fully saturated rings. The van der Waals surface area contributed by atoms with Crippen molar-refractivity contribution < 1.29 is 0 Å². The molecular formula is C22H30N2. The Morgan fingerprint density at radius 2 is 0.917 bits per heavy atom. The molecule has 2 heteroatoms. The van der Waals surface area contributed by atoms with Gasteiger partial charge in [-0.2, -0.15) is 0 Å². The van der Waals surface area contributed by atoms with Gasteiger partial charge in [-0.3, -0.25) is 9.80 Å². The SMILES string of the molecule is C#CCCCCC#CCN1CCN(CC#CCCCCC#C)CC1. The van der Waals surface area contributed by atoms with E-state index in [1.54, 1.807) is 0 Å². The summed E-state index contributed by atoms with van der Waals surface area (Å²) in [5.41, 5.74) is 0. The Hall–Kier alpha value is -1.84. The predicted molar refractivity (Wildman–Crippen MR) is 103 cm³/mol. The lowest BCUT2D eigenvalue weighted by molar-refractivity contribution is 0.157. The molecule has 0 saturated carbocycles. The quantitative estimate of drug-likeness (QED) is 0.501. The highest BCUT2D eigenvalue weighted by Gasteiger charge is 2.14. The van der Waals surface area contributed by atoms with Crippen LogP contribution < -0.4 is 0 Å². The zero-order chi connectivity index (χ0) is 17.3. The van der Waals surface area contributed by atoms with Crippen LogP contribution in [0.4, 0.5) is 0 Å². The molecule has 1 aliphatic rings. The van der Waals surface area contributed by atoms with E-state index in [9.17, 15) is 0 Å². The van der Waals surface area contributed by atoms with Crippen LogP contribution in [0.15, 0.2) is 0 Å². The highest BCUT2D eigenvalue weighted by Crippen LogP contribution is 2.01. The lowest BCUT2D eigenvalue weighted by Crippen LogP contribution is -2.46. The summed E-state index contributed by atoms with van der Waals surface area (Å²) in [6.07, 6.45) is 18.6. The highest BCUT2D eigenvalue weighted by atomic mass is 15.2. The molecule has 0 spiro atoms. The van der Waals surface area contributed by atoms with Gasteiger partial charge in [0.15, 0.2) is 0 Å². The second kappa shape index (κ2) is 14.7. The molecule has 0 aliphatic carbocycles. The van der Waals surface area contributed by atoms with Crippen LogP contribution in [0.1, 0.15) is 51.4 Å². The Kier molecular flexibility index (Phi) is 12.4. The third kappa shape index (κ3) is 10.8. The molecule has 128 valence electrons. The van der Waals surface area contributed by atoms with E-state index in [1.165, 1.54) is 0 Å². The maximum absolute atomic E-state index is 5.23. The third-order valence-corrected chi connectivity index (χ3v) is 4.07. The fourth-order valence-electron chi connectivity index (χ4n) is 2.50. The summed E-state index contributed by atoms with van der Waals surface area (Å²) in [6, 6.07) is 0. The molecule has 1 saturated heterocycles. The first-order valence-electron chi connectivity index (χ1n) is 9.10. The normalized spacial score (nSPS) is 14.6. The molecule has 0 N–H and O–H groups in total. The largest absolute Gasteiger partial charge is 0.290 e. The number of piperazine rings is 1. The van der Waals surface area contributed by atoms with E-state index < -0.39 is 0 Å². The first-order chi connectivity index (χ1) is 11.9. The van der Waals surface area contributed by atoms with E-state index in [0.717, 1.165) is 90.6 Å². The maximum atomic E-state index is 5.23. The Morgan fingerprint density at radius 1 is 0.542 bits per heavy atom. The van der Waals surface area contributed by atoms with Gasteiger partial charge in [0, 0.05) is 51.9 Å². The van der Waals surface area contributed by atoms with Gasteiger partial charge in [0.1, 0.15) is 0 Å². The average Bonchev–Trinajstić information content (AvgIpc) is 2.61. The Labute approximate surface area is 149 Å². The van der Waals surface area contributed by atoms with Crippen LogP contribution in [0, 0.1) is 48.4 Å². The molecule has 1 heterocycles. The van der Waals surface area contributed by atoms with E-state index in [2.05, 4.69) is 45.3 Å².